The highest BCUT2D eigenvalue weighted by molar-refractivity contribution is 5.77. The summed E-state index contributed by atoms with van der Waals surface area (Å²) in [6.07, 6.45) is 5.05. The van der Waals surface area contributed by atoms with Crippen LogP contribution in [0.15, 0.2) is 12.4 Å². The van der Waals surface area contributed by atoms with Crippen LogP contribution in [0.5, 0.6) is 0 Å². The number of carbonyl (C=O) groups excluding carboxylic acids is 1. The maximum atomic E-state index is 11.7. The average molecular weight is 225 g/mol. The van der Waals surface area contributed by atoms with Gasteiger partial charge in [-0.05, 0) is 13.3 Å². The van der Waals surface area contributed by atoms with Crippen LogP contribution in [-0.4, -0.2) is 21.9 Å². The van der Waals surface area contributed by atoms with Crippen LogP contribution in [0.3, 0.4) is 0 Å². The van der Waals surface area contributed by atoms with Crippen molar-refractivity contribution in [2.75, 3.05) is 0 Å². The van der Waals surface area contributed by atoms with Crippen LogP contribution in [0.4, 0.5) is 0 Å². The van der Waals surface area contributed by atoms with E-state index in [1.165, 1.54) is 0 Å². The highest BCUT2D eigenvalue weighted by Crippen LogP contribution is 2.12. The molecule has 0 fully saturated rings. The SMILES string of the molecule is CCCC(C)OC(=O)C(N)c1cnn(C)c1. The van der Waals surface area contributed by atoms with E-state index in [0.29, 0.717) is 5.56 Å². The average Bonchev–Trinajstić information content (AvgIpc) is 2.64. The number of nitrogens with two attached hydrogens (primary N) is 1. The lowest BCUT2D eigenvalue weighted by Crippen LogP contribution is -2.26. The van der Waals surface area contributed by atoms with Crippen molar-refractivity contribution >= 4 is 5.97 Å². The fourth-order valence-electron chi connectivity index (χ4n) is 1.47. The summed E-state index contributed by atoms with van der Waals surface area (Å²) in [7, 11) is 1.78. The summed E-state index contributed by atoms with van der Waals surface area (Å²) in [4.78, 5) is 11.7. The molecule has 0 aliphatic rings. The number of aromatic nitrogens is 2. The smallest absolute Gasteiger partial charge is 0.327 e. The first-order valence-corrected chi connectivity index (χ1v) is 5.49. The quantitative estimate of drug-likeness (QED) is 0.763. The fraction of sp³-hybridized carbons (Fsp3) is 0.636. The molecule has 0 aliphatic carbocycles. The molecule has 0 saturated heterocycles. The number of hydrogen-bond acceptors (Lipinski definition) is 4. The van der Waals surface area contributed by atoms with Gasteiger partial charge in [-0.2, -0.15) is 5.10 Å². The zero-order valence-electron chi connectivity index (χ0n) is 10.0. The predicted octanol–water partition coefficient (Wildman–Crippen LogP) is 1.15. The lowest BCUT2D eigenvalue weighted by Gasteiger charge is -2.15. The first-order chi connectivity index (χ1) is 7.54. The third kappa shape index (κ3) is 3.34. The second-order valence-corrected chi connectivity index (χ2v) is 3.96. The number of carbonyl (C=O) groups is 1. The summed E-state index contributed by atoms with van der Waals surface area (Å²) in [5.41, 5.74) is 6.45. The number of aryl methyl sites for hydroxylation is 1. The van der Waals surface area contributed by atoms with Crippen molar-refractivity contribution in [2.24, 2.45) is 12.8 Å². The Labute approximate surface area is 95.6 Å². The number of hydrogen-bond donors (Lipinski definition) is 1. The van der Waals surface area contributed by atoms with E-state index in [0.717, 1.165) is 12.8 Å². The Morgan fingerprint density at radius 2 is 2.38 bits per heavy atom. The lowest BCUT2D eigenvalue weighted by molar-refractivity contribution is -0.150. The van der Waals surface area contributed by atoms with Crippen LogP contribution in [0.1, 0.15) is 38.3 Å². The van der Waals surface area contributed by atoms with Gasteiger partial charge >= 0.3 is 5.97 Å². The molecule has 0 aromatic carbocycles. The molecule has 5 nitrogen and oxygen atoms in total. The topological polar surface area (TPSA) is 70.1 Å². The van der Waals surface area contributed by atoms with E-state index in [1.54, 1.807) is 24.1 Å². The van der Waals surface area contributed by atoms with Crippen molar-refractivity contribution in [3.63, 3.8) is 0 Å². The first-order valence-electron chi connectivity index (χ1n) is 5.49. The highest BCUT2D eigenvalue weighted by Gasteiger charge is 2.20. The molecule has 2 N–H and O–H groups in total. The third-order valence-electron chi connectivity index (χ3n) is 2.35. The van der Waals surface area contributed by atoms with Crippen LogP contribution >= 0.6 is 0 Å². The second kappa shape index (κ2) is 5.65. The molecular weight excluding hydrogens is 206 g/mol. The van der Waals surface area contributed by atoms with Gasteiger partial charge in [0.25, 0.3) is 0 Å². The molecule has 0 aliphatic heterocycles. The van der Waals surface area contributed by atoms with Gasteiger partial charge in [0.1, 0.15) is 6.04 Å². The summed E-state index contributed by atoms with van der Waals surface area (Å²) < 4.78 is 6.82. The van der Waals surface area contributed by atoms with E-state index in [2.05, 4.69) is 5.10 Å². The zero-order chi connectivity index (χ0) is 12.1. The van der Waals surface area contributed by atoms with Gasteiger partial charge in [-0.25, -0.2) is 4.79 Å². The molecule has 0 radical (unpaired) electrons. The van der Waals surface area contributed by atoms with E-state index in [9.17, 15) is 4.79 Å². The van der Waals surface area contributed by atoms with Gasteiger partial charge in [-0.15, -0.1) is 0 Å². The van der Waals surface area contributed by atoms with Crippen molar-refractivity contribution in [1.29, 1.82) is 0 Å². The third-order valence-corrected chi connectivity index (χ3v) is 2.35. The number of esters is 1. The van der Waals surface area contributed by atoms with E-state index in [-0.39, 0.29) is 6.10 Å². The standard InChI is InChI=1S/C11H19N3O2/c1-4-5-8(2)16-11(15)10(12)9-6-13-14(3)7-9/h6-8,10H,4-5,12H2,1-3H3. The molecule has 1 rings (SSSR count). The first kappa shape index (κ1) is 12.7. The van der Waals surface area contributed by atoms with Gasteiger partial charge in [0.2, 0.25) is 0 Å². The molecule has 0 bridgehead atoms. The number of rotatable bonds is 5. The molecular formula is C11H19N3O2. The highest BCUT2D eigenvalue weighted by atomic mass is 16.5. The molecule has 1 heterocycles. The molecule has 16 heavy (non-hydrogen) atoms. The Morgan fingerprint density at radius 3 is 2.88 bits per heavy atom. The fourth-order valence-corrected chi connectivity index (χ4v) is 1.47. The number of ether oxygens (including phenoxy) is 1. The molecule has 5 heteroatoms. The largest absolute Gasteiger partial charge is 0.461 e. The van der Waals surface area contributed by atoms with Crippen LogP contribution in [0, 0.1) is 0 Å². The maximum absolute atomic E-state index is 11.7. The minimum Gasteiger partial charge on any atom is -0.461 e. The molecule has 2 unspecified atom stereocenters. The van der Waals surface area contributed by atoms with Gasteiger partial charge < -0.3 is 10.5 Å². The second-order valence-electron chi connectivity index (χ2n) is 3.96. The van der Waals surface area contributed by atoms with Crippen LogP contribution in [0.25, 0.3) is 0 Å². The summed E-state index contributed by atoms with van der Waals surface area (Å²) in [6, 6.07) is -0.743. The van der Waals surface area contributed by atoms with Gasteiger partial charge in [-0.1, -0.05) is 13.3 Å². The predicted molar refractivity (Wildman–Crippen MR) is 60.6 cm³/mol. The van der Waals surface area contributed by atoms with E-state index in [1.807, 2.05) is 13.8 Å². The van der Waals surface area contributed by atoms with Gasteiger partial charge in [0, 0.05) is 18.8 Å². The van der Waals surface area contributed by atoms with Crippen LogP contribution in [0.2, 0.25) is 0 Å². The zero-order valence-corrected chi connectivity index (χ0v) is 10.0. The van der Waals surface area contributed by atoms with Crippen molar-refractivity contribution in [3.05, 3.63) is 18.0 Å². The summed E-state index contributed by atoms with van der Waals surface area (Å²) in [6.45, 7) is 3.92. The summed E-state index contributed by atoms with van der Waals surface area (Å²) in [5, 5.41) is 3.96. The molecule has 90 valence electrons. The van der Waals surface area contributed by atoms with E-state index in [4.69, 9.17) is 10.5 Å². The number of nitrogens with zero attached hydrogens (tertiary/aromatic N) is 2. The molecule has 0 spiro atoms. The molecule has 2 atom stereocenters. The van der Waals surface area contributed by atoms with Gasteiger partial charge in [0.05, 0.1) is 12.3 Å². The van der Waals surface area contributed by atoms with Crippen LogP contribution < -0.4 is 5.73 Å². The minimum absolute atomic E-state index is 0.0831. The van der Waals surface area contributed by atoms with Crippen molar-refractivity contribution in [3.8, 4) is 0 Å². The normalized spacial score (nSPS) is 14.5. The Hall–Kier alpha value is -1.36. The van der Waals surface area contributed by atoms with Crippen molar-refractivity contribution in [2.45, 2.75) is 38.8 Å². The maximum Gasteiger partial charge on any atom is 0.327 e. The molecule has 1 aromatic heterocycles. The van der Waals surface area contributed by atoms with Crippen molar-refractivity contribution in [1.82, 2.24) is 9.78 Å². The van der Waals surface area contributed by atoms with Gasteiger partial charge in [-0.3, -0.25) is 4.68 Å². The van der Waals surface area contributed by atoms with Gasteiger partial charge in [0.15, 0.2) is 0 Å². The molecule has 0 amide bonds. The molecule has 1 aromatic rings. The summed E-state index contributed by atoms with van der Waals surface area (Å²) in [5.74, 6) is -0.394. The van der Waals surface area contributed by atoms with E-state index >= 15 is 0 Å². The van der Waals surface area contributed by atoms with Crippen molar-refractivity contribution < 1.29 is 9.53 Å². The Bertz CT molecular complexity index is 349. The van der Waals surface area contributed by atoms with E-state index < -0.39 is 12.0 Å². The van der Waals surface area contributed by atoms with Crippen LogP contribution in [-0.2, 0) is 16.6 Å². The Balaban J connectivity index is 2.54. The minimum atomic E-state index is -0.743. The lowest BCUT2D eigenvalue weighted by atomic mass is 10.2. The summed E-state index contributed by atoms with van der Waals surface area (Å²) >= 11 is 0. The monoisotopic (exact) mass is 225 g/mol. The molecule has 0 saturated carbocycles. The Morgan fingerprint density at radius 1 is 1.69 bits per heavy atom. The Kier molecular flexibility index (Phi) is 4.49.